The Morgan fingerprint density at radius 3 is 2.74 bits per heavy atom. The van der Waals surface area contributed by atoms with Crippen LogP contribution in [0.5, 0.6) is 0 Å². The first kappa shape index (κ1) is 23.6. The topological polar surface area (TPSA) is 113 Å². The second-order valence-corrected chi connectivity index (χ2v) is 9.60. The highest BCUT2D eigenvalue weighted by molar-refractivity contribution is 5.83. The van der Waals surface area contributed by atoms with Crippen molar-refractivity contribution in [2.45, 2.75) is 51.0 Å². The van der Waals surface area contributed by atoms with Gasteiger partial charge >= 0.3 is 0 Å². The number of aliphatic hydroxyl groups is 1. The molecule has 2 aliphatic heterocycles. The summed E-state index contributed by atoms with van der Waals surface area (Å²) < 4.78 is 5.86. The number of nitrogens with one attached hydrogen (secondary N) is 2. The van der Waals surface area contributed by atoms with Crippen molar-refractivity contribution in [3.8, 4) is 11.4 Å². The summed E-state index contributed by atoms with van der Waals surface area (Å²) in [6.07, 6.45) is 2.36. The van der Waals surface area contributed by atoms with Crippen molar-refractivity contribution in [3.63, 3.8) is 0 Å². The number of fused-ring (bicyclic) bond motifs is 1. The monoisotopic (exact) mass is 476 g/mol. The third-order valence-corrected chi connectivity index (χ3v) is 6.40. The maximum atomic E-state index is 12.5. The first-order chi connectivity index (χ1) is 16.9. The summed E-state index contributed by atoms with van der Waals surface area (Å²) in [7, 11) is 0. The highest BCUT2D eigenvalue weighted by atomic mass is 16.5. The van der Waals surface area contributed by atoms with Crippen molar-refractivity contribution in [3.05, 3.63) is 48.3 Å². The molecular formula is C26H32N6O3. The number of pyridine rings is 3. The molecule has 9 heteroatoms. The molecule has 3 N–H and O–H groups in total. The number of amides is 1. The van der Waals surface area contributed by atoms with Crippen LogP contribution in [0.15, 0.2) is 42.6 Å². The predicted octanol–water partition coefficient (Wildman–Crippen LogP) is 1.69. The number of aliphatic hydroxyl groups excluding tert-OH is 1. The van der Waals surface area contributed by atoms with Gasteiger partial charge in [-0.2, -0.15) is 0 Å². The molecule has 0 spiro atoms. The molecule has 35 heavy (non-hydrogen) atoms. The van der Waals surface area contributed by atoms with E-state index < -0.39 is 6.10 Å². The van der Waals surface area contributed by atoms with E-state index in [0.717, 1.165) is 41.2 Å². The van der Waals surface area contributed by atoms with Gasteiger partial charge < -0.3 is 25.4 Å². The zero-order valence-corrected chi connectivity index (χ0v) is 20.1. The summed E-state index contributed by atoms with van der Waals surface area (Å²) >= 11 is 0. The highest BCUT2D eigenvalue weighted by Crippen LogP contribution is 2.24. The Hall–Kier alpha value is -3.14. The van der Waals surface area contributed by atoms with Gasteiger partial charge in [0.05, 0.1) is 47.3 Å². The molecule has 4 atom stereocenters. The van der Waals surface area contributed by atoms with E-state index in [1.54, 1.807) is 6.20 Å². The Morgan fingerprint density at radius 2 is 1.94 bits per heavy atom. The van der Waals surface area contributed by atoms with Gasteiger partial charge in [-0.1, -0.05) is 6.07 Å². The Kier molecular flexibility index (Phi) is 6.90. The zero-order chi connectivity index (χ0) is 24.4. The van der Waals surface area contributed by atoms with Gasteiger partial charge in [0.1, 0.15) is 5.82 Å². The number of piperidine rings is 1. The van der Waals surface area contributed by atoms with Crippen LogP contribution in [0.2, 0.25) is 0 Å². The van der Waals surface area contributed by atoms with Crippen LogP contribution >= 0.6 is 0 Å². The van der Waals surface area contributed by atoms with Gasteiger partial charge in [-0.25, -0.2) is 9.97 Å². The van der Waals surface area contributed by atoms with Crippen molar-refractivity contribution < 1.29 is 14.6 Å². The third kappa shape index (κ3) is 5.75. The Bertz CT molecular complexity index is 1190. The minimum absolute atomic E-state index is 0.0766. The summed E-state index contributed by atoms with van der Waals surface area (Å²) in [6, 6.07) is 11.7. The molecule has 3 aromatic heterocycles. The number of rotatable bonds is 5. The smallest absolute Gasteiger partial charge is 0.226 e. The Morgan fingerprint density at radius 1 is 1.14 bits per heavy atom. The summed E-state index contributed by atoms with van der Waals surface area (Å²) in [6.45, 7) is 7.00. The first-order valence-electron chi connectivity index (χ1n) is 12.2. The number of ether oxygens (including phenoxy) is 1. The second kappa shape index (κ2) is 10.2. The average Bonchev–Trinajstić information content (AvgIpc) is 2.83. The lowest BCUT2D eigenvalue weighted by atomic mass is 10.0. The van der Waals surface area contributed by atoms with E-state index in [9.17, 15) is 9.90 Å². The summed E-state index contributed by atoms with van der Waals surface area (Å²) in [5.74, 6) is 0.804. The van der Waals surface area contributed by atoms with E-state index in [4.69, 9.17) is 14.7 Å². The lowest BCUT2D eigenvalue weighted by molar-refractivity contribution is -0.121. The molecule has 0 saturated carbocycles. The molecule has 0 aliphatic carbocycles. The number of nitrogens with zero attached hydrogens (tertiary/aromatic N) is 4. The van der Waals surface area contributed by atoms with Gasteiger partial charge in [0.25, 0.3) is 0 Å². The minimum atomic E-state index is -0.433. The maximum absolute atomic E-state index is 12.5. The zero-order valence-electron chi connectivity index (χ0n) is 20.1. The van der Waals surface area contributed by atoms with Gasteiger partial charge in [0.15, 0.2) is 0 Å². The molecule has 1 amide bonds. The summed E-state index contributed by atoms with van der Waals surface area (Å²) in [4.78, 5) is 29.0. The highest BCUT2D eigenvalue weighted by Gasteiger charge is 2.24. The van der Waals surface area contributed by atoms with Crippen LogP contribution in [0.4, 0.5) is 5.82 Å². The van der Waals surface area contributed by atoms with Crippen LogP contribution in [-0.2, 0) is 16.0 Å². The van der Waals surface area contributed by atoms with Crippen LogP contribution in [0.3, 0.4) is 0 Å². The lowest BCUT2D eigenvalue weighted by Crippen LogP contribution is -2.51. The molecule has 5 heterocycles. The van der Waals surface area contributed by atoms with E-state index in [1.807, 2.05) is 36.4 Å². The molecule has 9 nitrogen and oxygen atoms in total. The lowest BCUT2D eigenvalue weighted by Gasteiger charge is -2.36. The van der Waals surface area contributed by atoms with Crippen molar-refractivity contribution in [2.75, 3.05) is 31.1 Å². The number of aromatic nitrogens is 3. The molecule has 0 radical (unpaired) electrons. The van der Waals surface area contributed by atoms with E-state index in [2.05, 4.69) is 34.4 Å². The summed E-state index contributed by atoms with van der Waals surface area (Å²) in [5, 5.41) is 16.8. The Balaban J connectivity index is 1.32. The molecule has 184 valence electrons. The van der Waals surface area contributed by atoms with Crippen molar-refractivity contribution in [2.24, 2.45) is 0 Å². The third-order valence-electron chi connectivity index (χ3n) is 6.40. The van der Waals surface area contributed by atoms with Crippen LogP contribution in [0, 0.1) is 0 Å². The first-order valence-corrected chi connectivity index (χ1v) is 12.2. The minimum Gasteiger partial charge on any atom is -0.392 e. The van der Waals surface area contributed by atoms with Crippen molar-refractivity contribution >= 4 is 22.6 Å². The fourth-order valence-corrected chi connectivity index (χ4v) is 4.88. The fourth-order valence-electron chi connectivity index (χ4n) is 4.88. The quantitative estimate of drug-likeness (QED) is 0.510. The SMILES string of the molecule is C[C@@H]1CN(c2cccc(-c3ccc4cnc(CC(=O)N[C@@H]5CNC[C@H](O)C5)cc4n3)n2)C[C@H](C)O1. The molecular weight excluding hydrogens is 444 g/mol. The van der Waals surface area contributed by atoms with Crippen LogP contribution in [-0.4, -0.2) is 76.5 Å². The van der Waals surface area contributed by atoms with E-state index >= 15 is 0 Å². The number of carbonyl (C=O) groups excluding carboxylic acids is 1. The summed E-state index contributed by atoms with van der Waals surface area (Å²) in [5.41, 5.74) is 3.01. The van der Waals surface area contributed by atoms with Gasteiger partial charge in [-0.3, -0.25) is 9.78 Å². The molecule has 0 bridgehead atoms. The fraction of sp³-hybridized carbons (Fsp3) is 0.462. The predicted molar refractivity (Wildman–Crippen MR) is 134 cm³/mol. The molecule has 2 saturated heterocycles. The Labute approximate surface area is 204 Å². The van der Waals surface area contributed by atoms with Crippen LogP contribution < -0.4 is 15.5 Å². The van der Waals surface area contributed by atoms with Crippen molar-refractivity contribution in [1.82, 2.24) is 25.6 Å². The van der Waals surface area contributed by atoms with E-state index in [0.29, 0.717) is 25.2 Å². The molecule has 2 aliphatic rings. The number of hydrogen-bond acceptors (Lipinski definition) is 8. The van der Waals surface area contributed by atoms with Gasteiger partial charge in [0, 0.05) is 43.8 Å². The van der Waals surface area contributed by atoms with E-state index in [-0.39, 0.29) is 30.6 Å². The normalized spacial score (nSPS) is 24.9. The van der Waals surface area contributed by atoms with Gasteiger partial charge in [-0.15, -0.1) is 0 Å². The van der Waals surface area contributed by atoms with Crippen LogP contribution in [0.25, 0.3) is 22.3 Å². The average molecular weight is 477 g/mol. The van der Waals surface area contributed by atoms with Crippen molar-refractivity contribution in [1.29, 1.82) is 0 Å². The standard InChI is InChI=1S/C26H32N6O3/c1-16-14-32(15-17(2)35-16)25-5-3-4-22(31-25)23-7-6-18-11-28-19(9-24(18)30-23)10-26(34)29-20-8-21(33)13-27-12-20/h3-7,9,11,16-17,20-21,27,33H,8,10,12-15H2,1-2H3,(H,29,34)/t16-,17+,20-,21+/m0/s1. The van der Waals surface area contributed by atoms with Gasteiger partial charge in [0.2, 0.25) is 5.91 Å². The molecule has 0 aromatic carbocycles. The number of anilines is 1. The maximum Gasteiger partial charge on any atom is 0.226 e. The number of hydrogen-bond donors (Lipinski definition) is 3. The number of morpholine rings is 1. The largest absolute Gasteiger partial charge is 0.392 e. The van der Waals surface area contributed by atoms with E-state index in [1.165, 1.54) is 0 Å². The molecule has 5 rings (SSSR count). The molecule has 2 fully saturated rings. The van der Waals surface area contributed by atoms with Crippen LogP contribution in [0.1, 0.15) is 26.0 Å². The molecule has 0 unspecified atom stereocenters. The van der Waals surface area contributed by atoms with Gasteiger partial charge in [-0.05, 0) is 50.6 Å². The number of β-amino-alcohol motifs (C(OH)–C–C–N with tert-alkyl or cyclic N) is 1. The number of carbonyl (C=O) groups is 1. The molecule has 3 aromatic rings. The second-order valence-electron chi connectivity index (χ2n) is 9.60.